The van der Waals surface area contributed by atoms with Crippen molar-refractivity contribution < 1.29 is 8.81 Å². The maximum Gasteiger partial charge on any atom is 0.298 e. The number of thioether (sulfide) groups is 1. The number of rotatable bonds is 4. The molecular weight excluding hydrogens is 393 g/mol. The highest BCUT2D eigenvalue weighted by atomic mass is 32.2. The Bertz CT molecular complexity index is 1090. The summed E-state index contributed by atoms with van der Waals surface area (Å²) in [5.41, 5.74) is 3.29. The van der Waals surface area contributed by atoms with Crippen LogP contribution in [0.2, 0.25) is 0 Å². The van der Waals surface area contributed by atoms with Gasteiger partial charge >= 0.3 is 0 Å². The standard InChI is InChI=1S/C20H22FN5O2S/c21-15-1-2-18-17(12-15)22-20(28-18)25-7-4-24(5-8-25)6-9-26-19(27)11-14-13-29-10-3-16(14)23-26/h1-2,11-12H,3-10,13H2. The van der Waals surface area contributed by atoms with Crippen LogP contribution in [0.3, 0.4) is 0 Å². The number of anilines is 1. The zero-order valence-electron chi connectivity index (χ0n) is 16.0. The van der Waals surface area contributed by atoms with Crippen LogP contribution in [0.25, 0.3) is 11.1 Å². The SMILES string of the molecule is O=c1cc2c(nn1CCN1CCN(c3nc4cc(F)ccc4o3)CC1)CCSC2. The summed E-state index contributed by atoms with van der Waals surface area (Å²) in [6, 6.07) is 6.67. The van der Waals surface area contributed by atoms with E-state index in [9.17, 15) is 9.18 Å². The van der Waals surface area contributed by atoms with Gasteiger partial charge in [-0.3, -0.25) is 9.69 Å². The molecular formula is C20H22FN5O2S. The molecule has 5 rings (SSSR count). The van der Waals surface area contributed by atoms with Crippen molar-refractivity contribution >= 4 is 28.9 Å². The number of aromatic nitrogens is 3. The van der Waals surface area contributed by atoms with Crippen molar-refractivity contribution in [3.8, 4) is 0 Å². The zero-order chi connectivity index (χ0) is 19.8. The Morgan fingerprint density at radius 1 is 1.14 bits per heavy atom. The number of fused-ring (bicyclic) bond motifs is 2. The van der Waals surface area contributed by atoms with Crippen LogP contribution >= 0.6 is 11.8 Å². The number of piperazine rings is 1. The molecule has 152 valence electrons. The topological polar surface area (TPSA) is 67.4 Å². The van der Waals surface area contributed by atoms with Crippen LogP contribution in [0.5, 0.6) is 0 Å². The van der Waals surface area contributed by atoms with Crippen LogP contribution in [0.4, 0.5) is 10.4 Å². The number of aryl methyl sites for hydroxylation is 1. The molecule has 0 unspecified atom stereocenters. The normalized spacial score (nSPS) is 17.6. The van der Waals surface area contributed by atoms with E-state index in [0.717, 1.165) is 61.9 Å². The van der Waals surface area contributed by atoms with E-state index in [1.165, 1.54) is 12.1 Å². The molecule has 9 heteroatoms. The van der Waals surface area contributed by atoms with Gasteiger partial charge in [0.25, 0.3) is 11.6 Å². The van der Waals surface area contributed by atoms with Crippen molar-refractivity contribution in [2.45, 2.75) is 18.7 Å². The Morgan fingerprint density at radius 2 is 2.00 bits per heavy atom. The zero-order valence-corrected chi connectivity index (χ0v) is 16.8. The minimum absolute atomic E-state index is 0.0106. The summed E-state index contributed by atoms with van der Waals surface area (Å²) in [4.78, 5) is 21.1. The Balaban J connectivity index is 1.19. The van der Waals surface area contributed by atoms with Gasteiger partial charge in [0.05, 0.1) is 12.2 Å². The van der Waals surface area contributed by atoms with Crippen molar-refractivity contribution in [1.82, 2.24) is 19.7 Å². The van der Waals surface area contributed by atoms with Gasteiger partial charge in [0.1, 0.15) is 11.3 Å². The van der Waals surface area contributed by atoms with Crippen molar-refractivity contribution in [3.05, 3.63) is 51.7 Å². The molecule has 0 spiro atoms. The molecule has 7 nitrogen and oxygen atoms in total. The number of nitrogens with zero attached hydrogens (tertiary/aromatic N) is 5. The smallest absolute Gasteiger partial charge is 0.298 e. The fraction of sp³-hybridized carbons (Fsp3) is 0.450. The molecule has 0 N–H and O–H groups in total. The molecule has 0 bridgehead atoms. The van der Waals surface area contributed by atoms with Gasteiger partial charge in [0.2, 0.25) is 0 Å². The third-order valence-corrected chi connectivity index (χ3v) is 6.52. The van der Waals surface area contributed by atoms with Gasteiger partial charge in [-0.15, -0.1) is 0 Å². The van der Waals surface area contributed by atoms with Crippen molar-refractivity contribution in [2.75, 3.05) is 43.4 Å². The molecule has 1 fully saturated rings. The van der Waals surface area contributed by atoms with Crippen LogP contribution in [0, 0.1) is 5.82 Å². The van der Waals surface area contributed by atoms with Crippen molar-refractivity contribution in [2.24, 2.45) is 0 Å². The Morgan fingerprint density at radius 3 is 2.86 bits per heavy atom. The van der Waals surface area contributed by atoms with Gasteiger partial charge in [-0.25, -0.2) is 9.07 Å². The molecule has 2 aromatic heterocycles. The first kappa shape index (κ1) is 18.6. The lowest BCUT2D eigenvalue weighted by atomic mass is 10.2. The first-order valence-electron chi connectivity index (χ1n) is 9.87. The average molecular weight is 415 g/mol. The lowest BCUT2D eigenvalue weighted by molar-refractivity contribution is 0.238. The van der Waals surface area contributed by atoms with Gasteiger partial charge in [-0.1, -0.05) is 0 Å². The fourth-order valence-corrected chi connectivity index (χ4v) is 4.79. The van der Waals surface area contributed by atoms with Crippen LogP contribution < -0.4 is 10.5 Å². The molecule has 0 radical (unpaired) electrons. The van der Waals surface area contributed by atoms with E-state index >= 15 is 0 Å². The third-order valence-electron chi connectivity index (χ3n) is 5.51. The molecule has 0 atom stereocenters. The highest BCUT2D eigenvalue weighted by Crippen LogP contribution is 2.24. The second-order valence-corrected chi connectivity index (χ2v) is 8.52. The Hall–Kier alpha value is -2.39. The van der Waals surface area contributed by atoms with Crippen LogP contribution in [-0.2, 0) is 18.7 Å². The number of hydrogen-bond donors (Lipinski definition) is 0. The lowest BCUT2D eigenvalue weighted by Crippen LogP contribution is -2.47. The molecule has 0 aliphatic carbocycles. The molecule has 1 aromatic carbocycles. The number of halogens is 1. The summed E-state index contributed by atoms with van der Waals surface area (Å²) < 4.78 is 20.7. The summed E-state index contributed by atoms with van der Waals surface area (Å²) in [5.74, 6) is 1.65. The number of benzene rings is 1. The van der Waals surface area contributed by atoms with Gasteiger partial charge in [0.15, 0.2) is 5.58 Å². The maximum absolute atomic E-state index is 13.4. The van der Waals surface area contributed by atoms with Crippen molar-refractivity contribution in [1.29, 1.82) is 0 Å². The predicted octanol–water partition coefficient (Wildman–Crippen LogP) is 2.14. The van der Waals surface area contributed by atoms with Crippen LogP contribution in [-0.4, -0.2) is 58.1 Å². The minimum Gasteiger partial charge on any atom is -0.423 e. The highest BCUT2D eigenvalue weighted by molar-refractivity contribution is 7.98. The number of hydrogen-bond acceptors (Lipinski definition) is 7. The molecule has 4 heterocycles. The van der Waals surface area contributed by atoms with E-state index in [-0.39, 0.29) is 11.4 Å². The quantitative estimate of drug-likeness (QED) is 0.647. The first-order chi connectivity index (χ1) is 14.2. The predicted molar refractivity (Wildman–Crippen MR) is 111 cm³/mol. The maximum atomic E-state index is 13.4. The Kier molecular flexibility index (Phi) is 5.01. The second-order valence-electron chi connectivity index (χ2n) is 7.42. The fourth-order valence-electron chi connectivity index (χ4n) is 3.84. The lowest BCUT2D eigenvalue weighted by Gasteiger charge is -2.33. The van der Waals surface area contributed by atoms with Gasteiger partial charge < -0.3 is 9.32 Å². The average Bonchev–Trinajstić information content (AvgIpc) is 3.16. The molecule has 3 aromatic rings. The summed E-state index contributed by atoms with van der Waals surface area (Å²) in [7, 11) is 0. The molecule has 0 amide bonds. The van der Waals surface area contributed by atoms with E-state index < -0.39 is 0 Å². The van der Waals surface area contributed by atoms with Gasteiger partial charge in [-0.05, 0) is 23.4 Å². The summed E-state index contributed by atoms with van der Waals surface area (Å²) in [6.45, 7) is 4.64. The molecule has 2 aliphatic heterocycles. The van der Waals surface area contributed by atoms with E-state index in [4.69, 9.17) is 4.42 Å². The molecule has 29 heavy (non-hydrogen) atoms. The summed E-state index contributed by atoms with van der Waals surface area (Å²) >= 11 is 1.86. The Labute approximate surface area is 171 Å². The molecule has 0 saturated carbocycles. The first-order valence-corrected chi connectivity index (χ1v) is 11.0. The van der Waals surface area contributed by atoms with Crippen LogP contribution in [0.1, 0.15) is 11.3 Å². The van der Waals surface area contributed by atoms with E-state index in [0.29, 0.717) is 23.7 Å². The van der Waals surface area contributed by atoms with E-state index in [2.05, 4.69) is 19.9 Å². The highest BCUT2D eigenvalue weighted by Gasteiger charge is 2.21. The molecule has 1 saturated heterocycles. The van der Waals surface area contributed by atoms with Crippen LogP contribution in [0.15, 0.2) is 33.5 Å². The largest absolute Gasteiger partial charge is 0.423 e. The van der Waals surface area contributed by atoms with Gasteiger partial charge in [-0.2, -0.15) is 21.8 Å². The second kappa shape index (κ2) is 7.79. The number of oxazole rings is 1. The summed E-state index contributed by atoms with van der Waals surface area (Å²) in [6.07, 6.45) is 0.938. The third kappa shape index (κ3) is 3.89. The molecule has 2 aliphatic rings. The summed E-state index contributed by atoms with van der Waals surface area (Å²) in [5, 5.41) is 4.59. The van der Waals surface area contributed by atoms with E-state index in [1.54, 1.807) is 16.8 Å². The van der Waals surface area contributed by atoms with Crippen molar-refractivity contribution in [3.63, 3.8) is 0 Å². The van der Waals surface area contributed by atoms with E-state index in [1.807, 2.05) is 11.8 Å². The van der Waals surface area contributed by atoms with Gasteiger partial charge in [0, 0.05) is 57.0 Å². The minimum atomic E-state index is -0.313. The monoisotopic (exact) mass is 415 g/mol.